The van der Waals surface area contributed by atoms with Crippen molar-refractivity contribution in [3.8, 4) is 0 Å². The second-order valence-corrected chi connectivity index (χ2v) is 21.4. The second kappa shape index (κ2) is 31.1. The summed E-state index contributed by atoms with van der Waals surface area (Å²) in [6, 6.07) is 0. The van der Waals surface area contributed by atoms with Crippen LogP contribution in [0.5, 0.6) is 0 Å². The van der Waals surface area contributed by atoms with E-state index in [1.807, 2.05) is 0 Å². The molecule has 7 aliphatic heterocycles. The first-order chi connectivity index (χ1) is 39.4. The Morgan fingerprint density at radius 2 is 0.711 bits per heavy atom. The lowest BCUT2D eigenvalue weighted by Crippen LogP contribution is -2.68. The van der Waals surface area contributed by atoms with E-state index in [1.165, 1.54) is 0 Å². The maximum absolute atomic E-state index is 11.9. The molecule has 36 nitrogen and oxygen atoms in total. The summed E-state index contributed by atoms with van der Waals surface area (Å²) in [4.78, 5) is 0. The Hall–Kier alpha value is -1.09. The lowest BCUT2D eigenvalue weighted by molar-refractivity contribution is -0.397. The number of ether oxygens (including phenoxy) is 14. The Bertz CT molecular complexity index is 1910. The highest BCUT2D eigenvalue weighted by Gasteiger charge is 2.58. The first-order valence-electron chi connectivity index (χ1n) is 26.7. The number of thiol groups is 1. The van der Waals surface area contributed by atoms with E-state index >= 15 is 0 Å². The van der Waals surface area contributed by atoms with E-state index in [4.69, 9.17) is 66.3 Å². The Morgan fingerprint density at radius 3 is 1.20 bits per heavy atom. The van der Waals surface area contributed by atoms with Crippen LogP contribution in [0.1, 0.15) is 12.8 Å². The highest BCUT2D eigenvalue weighted by Crippen LogP contribution is 2.37. The normalized spacial score (nSPS) is 51.3. The molecule has 7 heterocycles. The minimum absolute atomic E-state index is 0.159. The number of aliphatic hydroxyl groups excluding tert-OH is 22. The van der Waals surface area contributed by atoms with Crippen LogP contribution in [0, 0.1) is 0 Å². The van der Waals surface area contributed by atoms with Crippen molar-refractivity contribution >= 4 is 12.6 Å². The second-order valence-electron chi connectivity index (χ2n) is 21.0. The smallest absolute Gasteiger partial charge is 0.187 e. The summed E-state index contributed by atoms with van der Waals surface area (Å²) < 4.78 is 80.9. The van der Waals surface area contributed by atoms with E-state index in [0.717, 1.165) is 0 Å². The van der Waals surface area contributed by atoms with Crippen LogP contribution in [0.2, 0.25) is 0 Å². The predicted octanol–water partition coefficient (Wildman–Crippen LogP) is -14.5. The predicted molar refractivity (Wildman–Crippen MR) is 259 cm³/mol. The molecule has 0 radical (unpaired) electrons. The van der Waals surface area contributed by atoms with Crippen LogP contribution in [0.25, 0.3) is 0 Å². The highest BCUT2D eigenvalue weighted by molar-refractivity contribution is 7.80. The van der Waals surface area contributed by atoms with Crippen LogP contribution in [-0.2, 0) is 66.3 Å². The van der Waals surface area contributed by atoms with Crippen molar-refractivity contribution in [3.05, 3.63) is 0 Å². The zero-order chi connectivity index (χ0) is 60.9. The molecule has 0 spiro atoms. The van der Waals surface area contributed by atoms with Crippen LogP contribution in [-0.4, -0.2) is 386 Å². The van der Waals surface area contributed by atoms with Crippen LogP contribution in [0.3, 0.4) is 0 Å². The molecule has 486 valence electrons. The molecule has 7 rings (SSSR count). The summed E-state index contributed by atoms with van der Waals surface area (Å²) in [6.07, 6.45) is -67.9. The monoisotopic (exact) mass is 1240 g/mol. The van der Waals surface area contributed by atoms with E-state index in [2.05, 4.69) is 12.6 Å². The summed E-state index contributed by atoms with van der Waals surface area (Å²) in [5.74, 6) is 0.260. The summed E-state index contributed by atoms with van der Waals surface area (Å²) in [7, 11) is 0. The largest absolute Gasteiger partial charge is 0.394 e. The third-order valence-electron chi connectivity index (χ3n) is 15.3. The van der Waals surface area contributed by atoms with Gasteiger partial charge in [0.25, 0.3) is 0 Å². The van der Waals surface area contributed by atoms with Gasteiger partial charge in [0.15, 0.2) is 44.0 Å². The minimum Gasteiger partial charge on any atom is -0.394 e. The molecule has 0 bridgehead atoms. The van der Waals surface area contributed by atoms with E-state index in [1.54, 1.807) is 0 Å². The molecular formula is C46H80O36S. The van der Waals surface area contributed by atoms with Crippen molar-refractivity contribution in [1.29, 1.82) is 0 Å². The molecule has 0 amide bonds. The molecule has 0 aromatic carbocycles. The molecule has 35 atom stereocenters. The van der Waals surface area contributed by atoms with Crippen molar-refractivity contribution < 1.29 is 179 Å². The topological polar surface area (TPSA) is 574 Å². The van der Waals surface area contributed by atoms with Gasteiger partial charge >= 0.3 is 0 Å². The molecule has 22 N–H and O–H groups in total. The minimum atomic E-state index is -2.29. The van der Waals surface area contributed by atoms with E-state index in [0.29, 0.717) is 0 Å². The average molecular weight is 1240 g/mol. The molecule has 0 aromatic heterocycles. The molecular weight excluding hydrogens is 1160 g/mol. The Balaban J connectivity index is 1.12. The van der Waals surface area contributed by atoms with Gasteiger partial charge in [0, 0.05) is 6.42 Å². The number of hydrogen-bond donors (Lipinski definition) is 23. The standard InChI is InChI=1S/C46H80O36S/c47-5-14-21(54)25(58)31(64)42(73-14)72-13-4-12(52)10-70-40(30(63)20(13)53)79-36-18(9-51)77-45(34(67)29(36)62)82-39-28(61)24(57)17(8-50)76-46(39)71-11-19-37(80-43-32(65)26(59)22(55)15(6-48)74-43)38(35(68)41(78-19)69-2-1-3-83)81-44-33(66)27(60)23(56)16(7-49)75-44/h12-68,83H,1-11H2/t12?,13-,14?,15?,16?,17?,18?,19?,20?,21-,22+,23+,24+,25?,26?,27?,28?,29?,30?,31?,32?,33?,34?,35?,36+,37+,38?,39?,40-,41-,42-,43-,44-,45+,46+/m0/s1. The number of hydrogen-bond acceptors (Lipinski definition) is 37. The highest BCUT2D eigenvalue weighted by atomic mass is 32.1. The maximum atomic E-state index is 11.9. The molecule has 7 aliphatic rings. The summed E-state index contributed by atoms with van der Waals surface area (Å²) in [5.41, 5.74) is 0. The van der Waals surface area contributed by atoms with Crippen molar-refractivity contribution in [1.82, 2.24) is 0 Å². The van der Waals surface area contributed by atoms with Crippen LogP contribution in [0.4, 0.5) is 0 Å². The molecule has 37 heteroatoms. The third kappa shape index (κ3) is 15.6. The SMILES string of the molecule is OCC1O[C@@H](OC2C(O)[C@@H](OCCCS)OC(CO[C@@H]3OC(CO)[C@@H](O)C(O)C3O[C@H]3OC(CO)[C@@H](O[C@@H]4OCC(O)C[C@H](O[C@H]5OC(CO)[C@H](O)C(O)C5O)C(O)C4O)C(O)C3O)[C@H]2O[C@@H]2OC(CO)[C@@H](O)C(O)C2O)C(O)C(O)[C@@H]1O. The molecule has 0 saturated carbocycles. The summed E-state index contributed by atoms with van der Waals surface area (Å²) in [5, 5.41) is 237. The van der Waals surface area contributed by atoms with Gasteiger partial charge in [0.05, 0.1) is 65.1 Å². The maximum Gasteiger partial charge on any atom is 0.187 e. The van der Waals surface area contributed by atoms with Crippen molar-refractivity contribution in [2.24, 2.45) is 0 Å². The quantitative estimate of drug-likeness (QED) is 0.0353. The van der Waals surface area contributed by atoms with Crippen LogP contribution >= 0.6 is 12.6 Å². The van der Waals surface area contributed by atoms with Gasteiger partial charge in [-0.05, 0) is 12.2 Å². The van der Waals surface area contributed by atoms with E-state index < -0.39 is 268 Å². The first-order valence-corrected chi connectivity index (χ1v) is 27.4. The van der Waals surface area contributed by atoms with Crippen LogP contribution in [0.15, 0.2) is 0 Å². The van der Waals surface area contributed by atoms with E-state index in [9.17, 15) is 112 Å². The zero-order valence-corrected chi connectivity index (χ0v) is 44.9. The summed E-state index contributed by atoms with van der Waals surface area (Å²) in [6.45, 7) is -6.57. The van der Waals surface area contributed by atoms with Gasteiger partial charge in [-0.25, -0.2) is 0 Å². The van der Waals surface area contributed by atoms with Gasteiger partial charge in [0.2, 0.25) is 0 Å². The molecule has 7 fully saturated rings. The van der Waals surface area contributed by atoms with Gasteiger partial charge in [-0.1, -0.05) is 0 Å². The number of aliphatic hydroxyl groups is 22. The Labute approximate surface area is 476 Å². The lowest BCUT2D eigenvalue weighted by atomic mass is 9.95. The van der Waals surface area contributed by atoms with Gasteiger partial charge in [-0.15, -0.1) is 0 Å². The fraction of sp³-hybridized carbons (Fsp3) is 1.00. The third-order valence-corrected chi connectivity index (χ3v) is 15.6. The first kappa shape index (κ1) is 69.4. The summed E-state index contributed by atoms with van der Waals surface area (Å²) >= 11 is 4.16. The van der Waals surface area contributed by atoms with Crippen LogP contribution < -0.4 is 0 Å². The van der Waals surface area contributed by atoms with Crippen molar-refractivity contribution in [2.45, 2.75) is 228 Å². The fourth-order valence-electron chi connectivity index (χ4n) is 10.4. The molecule has 21 unspecified atom stereocenters. The molecule has 0 aromatic rings. The molecule has 7 saturated heterocycles. The average Bonchev–Trinajstić information content (AvgIpc) is 3.65. The molecule has 0 aliphatic carbocycles. The Morgan fingerprint density at radius 1 is 0.325 bits per heavy atom. The number of rotatable bonds is 22. The Kier molecular flexibility index (Phi) is 26.0. The van der Waals surface area contributed by atoms with Gasteiger partial charge in [-0.2, -0.15) is 12.6 Å². The van der Waals surface area contributed by atoms with Crippen molar-refractivity contribution in [3.63, 3.8) is 0 Å². The fourth-order valence-corrected chi connectivity index (χ4v) is 10.5. The van der Waals surface area contributed by atoms with Gasteiger partial charge < -0.3 is 179 Å². The van der Waals surface area contributed by atoms with Crippen molar-refractivity contribution in [2.75, 3.05) is 58.6 Å². The molecule has 83 heavy (non-hydrogen) atoms. The van der Waals surface area contributed by atoms with E-state index in [-0.39, 0.29) is 18.8 Å². The zero-order valence-electron chi connectivity index (χ0n) is 44.0. The van der Waals surface area contributed by atoms with Gasteiger partial charge in [0.1, 0.15) is 159 Å². The lowest BCUT2D eigenvalue weighted by Gasteiger charge is -2.50. The van der Waals surface area contributed by atoms with Gasteiger partial charge in [-0.3, -0.25) is 0 Å².